The molecule has 13 heavy (non-hydrogen) atoms. The summed E-state index contributed by atoms with van der Waals surface area (Å²) in [6, 6.07) is 1.72. The van der Waals surface area contributed by atoms with Crippen LogP contribution in [-0.2, 0) is 13.0 Å². The van der Waals surface area contributed by atoms with Gasteiger partial charge in [-0.1, -0.05) is 0 Å². The number of aromatic nitrogens is 2. The Morgan fingerprint density at radius 1 is 1.46 bits per heavy atom. The third kappa shape index (κ3) is 3.48. The van der Waals surface area contributed by atoms with Crippen molar-refractivity contribution >= 4 is 0 Å². The van der Waals surface area contributed by atoms with Gasteiger partial charge in [-0.3, -0.25) is 0 Å². The molecule has 4 nitrogen and oxygen atoms in total. The number of aliphatic hydroxyl groups is 1. The molecule has 0 atom stereocenters. The van der Waals surface area contributed by atoms with Crippen molar-refractivity contribution in [2.75, 3.05) is 20.6 Å². The van der Waals surface area contributed by atoms with Gasteiger partial charge in [0, 0.05) is 19.2 Å². The number of hydrogen-bond acceptors (Lipinski definition) is 4. The second-order valence-electron chi connectivity index (χ2n) is 3.18. The van der Waals surface area contributed by atoms with Crippen molar-refractivity contribution in [1.82, 2.24) is 14.9 Å². The van der Waals surface area contributed by atoms with E-state index in [0.717, 1.165) is 18.8 Å². The Labute approximate surface area is 78.2 Å². The zero-order valence-electron chi connectivity index (χ0n) is 8.06. The van der Waals surface area contributed by atoms with Gasteiger partial charge in [0.25, 0.3) is 0 Å². The van der Waals surface area contributed by atoms with Crippen LogP contribution in [-0.4, -0.2) is 40.6 Å². The summed E-state index contributed by atoms with van der Waals surface area (Å²) in [5, 5.41) is 8.84. The average molecular weight is 181 g/mol. The van der Waals surface area contributed by atoms with E-state index in [1.54, 1.807) is 12.3 Å². The average Bonchev–Trinajstić information content (AvgIpc) is 2.15. The van der Waals surface area contributed by atoms with Gasteiger partial charge in [-0.15, -0.1) is 0 Å². The first-order valence-electron chi connectivity index (χ1n) is 4.29. The van der Waals surface area contributed by atoms with Crippen LogP contribution in [0, 0.1) is 0 Å². The maximum atomic E-state index is 8.84. The molecule has 1 rings (SSSR count). The molecule has 72 valence electrons. The molecule has 0 aromatic carbocycles. The zero-order chi connectivity index (χ0) is 9.68. The highest BCUT2D eigenvalue weighted by atomic mass is 16.3. The van der Waals surface area contributed by atoms with E-state index in [1.807, 2.05) is 14.1 Å². The third-order valence-corrected chi connectivity index (χ3v) is 1.71. The summed E-state index contributed by atoms with van der Waals surface area (Å²) < 4.78 is 0. The fourth-order valence-corrected chi connectivity index (χ4v) is 0.973. The highest BCUT2D eigenvalue weighted by Gasteiger charge is 1.98. The normalized spacial score (nSPS) is 10.8. The Balaban J connectivity index is 2.56. The molecule has 0 saturated heterocycles. The van der Waals surface area contributed by atoms with Crippen LogP contribution in [0.2, 0.25) is 0 Å². The minimum Gasteiger partial charge on any atom is -0.390 e. The van der Waals surface area contributed by atoms with E-state index in [0.29, 0.717) is 5.69 Å². The quantitative estimate of drug-likeness (QED) is 0.714. The Morgan fingerprint density at radius 2 is 2.23 bits per heavy atom. The van der Waals surface area contributed by atoms with Crippen LogP contribution in [0.1, 0.15) is 11.5 Å². The molecule has 0 saturated carbocycles. The molecule has 0 bridgehead atoms. The lowest BCUT2D eigenvalue weighted by Crippen LogP contribution is -2.16. The molecule has 1 heterocycles. The minimum absolute atomic E-state index is 0.0164. The van der Waals surface area contributed by atoms with E-state index in [4.69, 9.17) is 5.11 Å². The van der Waals surface area contributed by atoms with Gasteiger partial charge in [0.15, 0.2) is 0 Å². The monoisotopic (exact) mass is 181 g/mol. The van der Waals surface area contributed by atoms with Crippen molar-refractivity contribution in [3.8, 4) is 0 Å². The van der Waals surface area contributed by atoms with Gasteiger partial charge in [-0.2, -0.15) is 0 Å². The molecule has 1 aromatic rings. The first-order chi connectivity index (χ1) is 6.22. The number of likely N-dealkylation sites (N-methyl/N-ethyl adjacent to an activating group) is 1. The Hall–Kier alpha value is -1.00. The van der Waals surface area contributed by atoms with Crippen molar-refractivity contribution in [2.45, 2.75) is 13.0 Å². The molecule has 0 amide bonds. The third-order valence-electron chi connectivity index (χ3n) is 1.71. The first kappa shape index (κ1) is 10.1. The van der Waals surface area contributed by atoms with Crippen molar-refractivity contribution in [3.63, 3.8) is 0 Å². The number of rotatable bonds is 4. The van der Waals surface area contributed by atoms with Crippen molar-refractivity contribution in [1.29, 1.82) is 0 Å². The van der Waals surface area contributed by atoms with E-state index in [9.17, 15) is 0 Å². The smallest absolute Gasteiger partial charge is 0.129 e. The van der Waals surface area contributed by atoms with Crippen LogP contribution < -0.4 is 0 Å². The van der Waals surface area contributed by atoms with Gasteiger partial charge >= 0.3 is 0 Å². The lowest BCUT2D eigenvalue weighted by Gasteiger charge is -2.08. The Kier molecular flexibility index (Phi) is 3.79. The summed E-state index contributed by atoms with van der Waals surface area (Å²) in [5.41, 5.74) is 0.684. The van der Waals surface area contributed by atoms with E-state index in [2.05, 4.69) is 14.9 Å². The SMILES string of the molecule is CN(C)CCc1nccc(CO)n1. The van der Waals surface area contributed by atoms with Crippen molar-refractivity contribution in [2.24, 2.45) is 0 Å². The topological polar surface area (TPSA) is 49.2 Å². The molecule has 1 aromatic heterocycles. The van der Waals surface area contributed by atoms with E-state index in [1.165, 1.54) is 0 Å². The van der Waals surface area contributed by atoms with Gasteiger partial charge in [0.05, 0.1) is 12.3 Å². The second-order valence-corrected chi connectivity index (χ2v) is 3.18. The summed E-state index contributed by atoms with van der Waals surface area (Å²) >= 11 is 0. The highest BCUT2D eigenvalue weighted by molar-refractivity contribution is 5.01. The Morgan fingerprint density at radius 3 is 2.85 bits per heavy atom. The summed E-state index contributed by atoms with van der Waals surface area (Å²) in [6.45, 7) is 0.909. The zero-order valence-corrected chi connectivity index (χ0v) is 8.06. The maximum Gasteiger partial charge on any atom is 0.129 e. The highest BCUT2D eigenvalue weighted by Crippen LogP contribution is 1.96. The standard InChI is InChI=1S/C9H15N3O/c1-12(2)6-4-9-10-5-3-8(7-13)11-9/h3,5,13H,4,6-7H2,1-2H3. The fraction of sp³-hybridized carbons (Fsp3) is 0.556. The van der Waals surface area contributed by atoms with Crippen molar-refractivity contribution < 1.29 is 5.11 Å². The maximum absolute atomic E-state index is 8.84. The first-order valence-corrected chi connectivity index (χ1v) is 4.29. The van der Waals surface area contributed by atoms with Gasteiger partial charge in [-0.25, -0.2) is 9.97 Å². The van der Waals surface area contributed by atoms with E-state index >= 15 is 0 Å². The molecule has 0 spiro atoms. The molecular formula is C9H15N3O. The van der Waals surface area contributed by atoms with Gasteiger partial charge < -0.3 is 10.0 Å². The van der Waals surface area contributed by atoms with Crippen LogP contribution in [0.3, 0.4) is 0 Å². The molecule has 4 heteroatoms. The molecule has 0 unspecified atom stereocenters. The molecule has 0 aliphatic carbocycles. The summed E-state index contributed by atoms with van der Waals surface area (Å²) in [6.07, 6.45) is 2.50. The second kappa shape index (κ2) is 4.89. The van der Waals surface area contributed by atoms with Gasteiger partial charge in [-0.05, 0) is 20.2 Å². The summed E-state index contributed by atoms with van der Waals surface area (Å²) in [5.74, 6) is 0.792. The minimum atomic E-state index is -0.0164. The number of aliphatic hydroxyl groups excluding tert-OH is 1. The Bertz CT molecular complexity index is 263. The molecule has 0 aliphatic rings. The largest absolute Gasteiger partial charge is 0.390 e. The predicted octanol–water partition coefficient (Wildman–Crippen LogP) is 0.0730. The molecule has 0 aliphatic heterocycles. The lowest BCUT2D eigenvalue weighted by atomic mass is 10.3. The lowest BCUT2D eigenvalue weighted by molar-refractivity contribution is 0.276. The van der Waals surface area contributed by atoms with Crippen LogP contribution in [0.4, 0.5) is 0 Å². The van der Waals surface area contributed by atoms with Gasteiger partial charge in [0.1, 0.15) is 5.82 Å². The molecular weight excluding hydrogens is 166 g/mol. The predicted molar refractivity (Wildman–Crippen MR) is 50.2 cm³/mol. The van der Waals surface area contributed by atoms with Crippen LogP contribution in [0.15, 0.2) is 12.3 Å². The molecule has 0 fully saturated rings. The van der Waals surface area contributed by atoms with Crippen molar-refractivity contribution in [3.05, 3.63) is 23.8 Å². The van der Waals surface area contributed by atoms with Crippen LogP contribution in [0.25, 0.3) is 0 Å². The fourth-order valence-electron chi connectivity index (χ4n) is 0.973. The summed E-state index contributed by atoms with van der Waals surface area (Å²) in [7, 11) is 4.02. The van der Waals surface area contributed by atoms with Crippen LogP contribution in [0.5, 0.6) is 0 Å². The van der Waals surface area contributed by atoms with Crippen LogP contribution >= 0.6 is 0 Å². The number of hydrogen-bond donors (Lipinski definition) is 1. The van der Waals surface area contributed by atoms with E-state index < -0.39 is 0 Å². The van der Waals surface area contributed by atoms with Gasteiger partial charge in [0.2, 0.25) is 0 Å². The molecule has 1 N–H and O–H groups in total. The molecule has 0 radical (unpaired) electrons. The number of nitrogens with zero attached hydrogens (tertiary/aromatic N) is 3. The summed E-state index contributed by atoms with van der Waals surface area (Å²) in [4.78, 5) is 10.4. The van der Waals surface area contributed by atoms with E-state index in [-0.39, 0.29) is 6.61 Å².